The molecule has 0 atom stereocenters. The summed E-state index contributed by atoms with van der Waals surface area (Å²) in [6.45, 7) is 0. The minimum Gasteiger partial charge on any atom is -0.497 e. The van der Waals surface area contributed by atoms with Crippen molar-refractivity contribution in [2.24, 2.45) is 0 Å². The number of pyridine rings is 1. The van der Waals surface area contributed by atoms with Crippen LogP contribution in [0.3, 0.4) is 0 Å². The molecule has 0 spiro atoms. The second kappa shape index (κ2) is 8.39. The number of carbonyl (C=O) groups is 1. The Bertz CT molecular complexity index is 917. The van der Waals surface area contributed by atoms with Crippen molar-refractivity contribution in [3.63, 3.8) is 0 Å². The average Bonchev–Trinajstić information content (AvgIpc) is 3.11. The van der Waals surface area contributed by atoms with E-state index in [-0.39, 0.29) is 22.5 Å². The predicted molar refractivity (Wildman–Crippen MR) is 102 cm³/mol. The summed E-state index contributed by atoms with van der Waals surface area (Å²) in [7, 11) is 1.61. The van der Waals surface area contributed by atoms with Gasteiger partial charge in [0.25, 0.3) is 0 Å². The van der Waals surface area contributed by atoms with Crippen molar-refractivity contribution in [1.82, 2.24) is 19.7 Å². The second-order valence-corrected chi connectivity index (χ2v) is 6.79. The molecule has 2 aromatic heterocycles. The lowest BCUT2D eigenvalue weighted by molar-refractivity contribution is -0.113. The Balaban J connectivity index is 1.64. The van der Waals surface area contributed by atoms with Gasteiger partial charge in [-0.1, -0.05) is 35.0 Å². The predicted octanol–water partition coefficient (Wildman–Crippen LogP) is 3.71. The van der Waals surface area contributed by atoms with Gasteiger partial charge < -0.3 is 10.1 Å². The first kappa shape index (κ1) is 18.5. The van der Waals surface area contributed by atoms with Crippen LogP contribution in [-0.2, 0) is 4.79 Å². The van der Waals surface area contributed by atoms with Crippen LogP contribution in [0.1, 0.15) is 0 Å². The maximum Gasteiger partial charge on any atom is 0.236 e. The van der Waals surface area contributed by atoms with E-state index in [9.17, 15) is 4.79 Å². The van der Waals surface area contributed by atoms with Crippen molar-refractivity contribution in [2.45, 2.75) is 5.16 Å². The maximum absolute atomic E-state index is 12.1. The van der Waals surface area contributed by atoms with Gasteiger partial charge in [0.2, 0.25) is 5.91 Å². The van der Waals surface area contributed by atoms with Crippen LogP contribution < -0.4 is 10.1 Å². The maximum atomic E-state index is 12.1. The van der Waals surface area contributed by atoms with Gasteiger partial charge in [-0.15, -0.1) is 10.2 Å². The molecule has 26 heavy (non-hydrogen) atoms. The summed E-state index contributed by atoms with van der Waals surface area (Å²) >= 11 is 13.0. The van der Waals surface area contributed by atoms with Crippen LogP contribution >= 0.6 is 35.0 Å². The number of anilines is 1. The Morgan fingerprint density at radius 3 is 2.77 bits per heavy atom. The normalized spacial score (nSPS) is 10.6. The van der Waals surface area contributed by atoms with Gasteiger partial charge >= 0.3 is 0 Å². The van der Waals surface area contributed by atoms with E-state index in [1.54, 1.807) is 18.0 Å². The number of nitrogens with zero attached hydrogens (tertiary/aromatic N) is 4. The number of hydrogen-bond acceptors (Lipinski definition) is 6. The third kappa shape index (κ3) is 4.46. The van der Waals surface area contributed by atoms with Crippen molar-refractivity contribution < 1.29 is 9.53 Å². The molecule has 0 saturated carbocycles. The number of benzene rings is 1. The minimum absolute atomic E-state index is 0.121. The molecule has 0 aliphatic heterocycles. The third-order valence-electron chi connectivity index (χ3n) is 3.27. The van der Waals surface area contributed by atoms with E-state index in [1.807, 2.05) is 24.3 Å². The number of aromatic nitrogens is 4. The van der Waals surface area contributed by atoms with Crippen LogP contribution in [0.5, 0.6) is 5.75 Å². The molecule has 0 fully saturated rings. The summed E-state index contributed by atoms with van der Waals surface area (Å²) in [4.78, 5) is 16.1. The first-order valence-electron chi connectivity index (χ1n) is 7.35. The Morgan fingerprint density at radius 2 is 2.08 bits per heavy atom. The van der Waals surface area contributed by atoms with Crippen LogP contribution in [0.4, 0.5) is 5.82 Å². The van der Waals surface area contributed by atoms with E-state index in [2.05, 4.69) is 20.5 Å². The molecular formula is C16H13Cl2N5O2S. The fourth-order valence-corrected chi connectivity index (χ4v) is 3.20. The smallest absolute Gasteiger partial charge is 0.236 e. The van der Waals surface area contributed by atoms with Gasteiger partial charge in [-0.3, -0.25) is 9.36 Å². The summed E-state index contributed by atoms with van der Waals surface area (Å²) in [5.41, 5.74) is 0.862. The molecule has 0 unspecified atom stereocenters. The van der Waals surface area contributed by atoms with Crippen LogP contribution in [0, 0.1) is 0 Å². The van der Waals surface area contributed by atoms with Crippen molar-refractivity contribution in [2.75, 3.05) is 18.2 Å². The minimum atomic E-state index is -0.268. The Labute approximate surface area is 163 Å². The fraction of sp³-hybridized carbons (Fsp3) is 0.125. The zero-order valence-electron chi connectivity index (χ0n) is 13.5. The average molecular weight is 410 g/mol. The quantitative estimate of drug-likeness (QED) is 0.624. The molecule has 0 bridgehead atoms. The van der Waals surface area contributed by atoms with E-state index in [1.165, 1.54) is 24.0 Å². The number of ether oxygens (including phenoxy) is 1. The number of methoxy groups -OCH3 is 1. The molecule has 3 rings (SSSR count). The topological polar surface area (TPSA) is 81.9 Å². The SMILES string of the molecule is COc1ccc(-n2cnnc2SCC(=O)Nc2ncc(Cl)cc2Cl)cc1. The molecule has 0 saturated heterocycles. The van der Waals surface area contributed by atoms with Gasteiger partial charge in [0, 0.05) is 11.9 Å². The third-order valence-corrected chi connectivity index (χ3v) is 4.70. The van der Waals surface area contributed by atoms with Crippen molar-refractivity contribution in [3.8, 4) is 11.4 Å². The summed E-state index contributed by atoms with van der Waals surface area (Å²) in [5.74, 6) is 0.868. The molecule has 1 aromatic carbocycles. The summed E-state index contributed by atoms with van der Waals surface area (Å²) in [6.07, 6.45) is 3.00. The lowest BCUT2D eigenvalue weighted by Gasteiger charge is -2.08. The van der Waals surface area contributed by atoms with E-state index >= 15 is 0 Å². The fourth-order valence-electron chi connectivity index (χ4n) is 2.05. The van der Waals surface area contributed by atoms with Gasteiger partial charge in [0.15, 0.2) is 11.0 Å². The zero-order valence-corrected chi connectivity index (χ0v) is 15.8. The lowest BCUT2D eigenvalue weighted by atomic mass is 10.3. The highest BCUT2D eigenvalue weighted by Crippen LogP contribution is 2.24. The molecule has 0 radical (unpaired) electrons. The van der Waals surface area contributed by atoms with Gasteiger partial charge in [-0.25, -0.2) is 4.98 Å². The zero-order chi connectivity index (χ0) is 18.5. The number of carbonyl (C=O) groups excluding carboxylic acids is 1. The van der Waals surface area contributed by atoms with Crippen molar-refractivity contribution >= 4 is 46.7 Å². The molecule has 3 aromatic rings. The molecule has 134 valence electrons. The molecule has 2 heterocycles. The summed E-state index contributed by atoms with van der Waals surface area (Å²) < 4.78 is 6.93. The van der Waals surface area contributed by atoms with Crippen LogP contribution in [0.2, 0.25) is 10.0 Å². The molecular weight excluding hydrogens is 397 g/mol. The molecule has 7 nitrogen and oxygen atoms in total. The van der Waals surface area contributed by atoms with Crippen LogP contribution in [0.15, 0.2) is 48.0 Å². The summed E-state index contributed by atoms with van der Waals surface area (Å²) in [5, 5.41) is 11.9. The van der Waals surface area contributed by atoms with Crippen molar-refractivity contribution in [1.29, 1.82) is 0 Å². The van der Waals surface area contributed by atoms with Gasteiger partial charge in [-0.2, -0.15) is 0 Å². The lowest BCUT2D eigenvalue weighted by Crippen LogP contribution is -2.15. The highest BCUT2D eigenvalue weighted by atomic mass is 35.5. The standard InChI is InChI=1S/C16H13Cl2N5O2S/c1-25-12-4-2-11(3-5-12)23-9-20-22-16(23)26-8-14(24)21-15-13(18)6-10(17)7-19-15/h2-7,9H,8H2,1H3,(H,19,21,24). The number of rotatable bonds is 6. The first-order chi connectivity index (χ1) is 12.6. The van der Waals surface area contributed by atoms with Gasteiger partial charge in [0.05, 0.1) is 22.9 Å². The number of amides is 1. The van der Waals surface area contributed by atoms with Crippen LogP contribution in [0.25, 0.3) is 5.69 Å². The molecule has 1 N–H and O–H groups in total. The molecule has 0 aliphatic rings. The molecule has 0 aliphatic carbocycles. The Hall–Kier alpha value is -2.29. The molecule has 1 amide bonds. The first-order valence-corrected chi connectivity index (χ1v) is 9.09. The van der Waals surface area contributed by atoms with Gasteiger partial charge in [0.1, 0.15) is 12.1 Å². The monoisotopic (exact) mass is 409 g/mol. The number of halogens is 2. The van der Waals surface area contributed by atoms with Gasteiger partial charge in [-0.05, 0) is 30.3 Å². The second-order valence-electron chi connectivity index (χ2n) is 5.00. The molecule has 10 heteroatoms. The van der Waals surface area contributed by atoms with Crippen LogP contribution in [-0.4, -0.2) is 38.5 Å². The number of nitrogens with one attached hydrogen (secondary N) is 1. The Morgan fingerprint density at radius 1 is 1.31 bits per heavy atom. The largest absolute Gasteiger partial charge is 0.497 e. The van der Waals surface area contributed by atoms with Crippen molar-refractivity contribution in [3.05, 3.63) is 52.9 Å². The summed E-state index contributed by atoms with van der Waals surface area (Å²) in [6, 6.07) is 8.95. The highest BCUT2D eigenvalue weighted by molar-refractivity contribution is 7.99. The van der Waals surface area contributed by atoms with E-state index < -0.39 is 0 Å². The number of thioether (sulfide) groups is 1. The van der Waals surface area contributed by atoms with E-state index in [0.717, 1.165) is 11.4 Å². The Kier molecular flexibility index (Phi) is 5.97. The highest BCUT2D eigenvalue weighted by Gasteiger charge is 2.12. The number of hydrogen-bond donors (Lipinski definition) is 1. The van der Waals surface area contributed by atoms with E-state index in [0.29, 0.717) is 10.2 Å². The van der Waals surface area contributed by atoms with E-state index in [4.69, 9.17) is 27.9 Å².